The van der Waals surface area contributed by atoms with Crippen LogP contribution in [0.2, 0.25) is 0 Å². The Bertz CT molecular complexity index is 262. The molecule has 1 saturated carbocycles. The molecule has 112 valence electrons. The molecule has 0 aromatic heterocycles. The molecule has 1 unspecified atom stereocenters. The fourth-order valence-electron chi connectivity index (χ4n) is 3.71. The molecule has 1 heterocycles. The summed E-state index contributed by atoms with van der Waals surface area (Å²) < 4.78 is 6.08. The van der Waals surface area contributed by atoms with Gasteiger partial charge in [0.15, 0.2) is 0 Å². The van der Waals surface area contributed by atoms with Gasteiger partial charge in [0.2, 0.25) is 0 Å². The molecule has 1 atom stereocenters. The fourth-order valence-corrected chi connectivity index (χ4v) is 3.71. The molecule has 3 heteroatoms. The minimum absolute atomic E-state index is 0.0706. The Labute approximate surface area is 118 Å². The Morgan fingerprint density at radius 3 is 2.53 bits per heavy atom. The molecule has 1 aliphatic carbocycles. The van der Waals surface area contributed by atoms with Gasteiger partial charge in [-0.2, -0.15) is 0 Å². The van der Waals surface area contributed by atoms with Crippen LogP contribution >= 0.6 is 0 Å². The van der Waals surface area contributed by atoms with E-state index in [0.29, 0.717) is 12.6 Å². The summed E-state index contributed by atoms with van der Waals surface area (Å²) in [5.74, 6) is 0. The fraction of sp³-hybridized carbons (Fsp3) is 1.00. The molecule has 19 heavy (non-hydrogen) atoms. The molecule has 3 nitrogen and oxygen atoms in total. The lowest BCUT2D eigenvalue weighted by molar-refractivity contribution is -0.0849. The van der Waals surface area contributed by atoms with Gasteiger partial charge in [-0.15, -0.1) is 0 Å². The molecule has 2 N–H and O–H groups in total. The summed E-state index contributed by atoms with van der Waals surface area (Å²) in [6, 6.07) is 0.580. The summed E-state index contributed by atoms with van der Waals surface area (Å²) in [6.07, 6.45) is 9.53. The van der Waals surface area contributed by atoms with Gasteiger partial charge in [0.05, 0.1) is 5.60 Å². The van der Waals surface area contributed by atoms with Gasteiger partial charge in [-0.25, -0.2) is 0 Å². The van der Waals surface area contributed by atoms with Crippen molar-refractivity contribution in [1.29, 1.82) is 0 Å². The number of aliphatic hydroxyl groups is 1. The summed E-state index contributed by atoms with van der Waals surface area (Å²) in [6.45, 7) is 6.51. The van der Waals surface area contributed by atoms with Gasteiger partial charge in [-0.1, -0.05) is 26.7 Å². The third-order valence-electron chi connectivity index (χ3n) is 5.61. The zero-order valence-electron chi connectivity index (χ0n) is 12.7. The Kier molecular flexibility index (Phi) is 5.27. The zero-order valence-corrected chi connectivity index (χ0v) is 12.7. The van der Waals surface area contributed by atoms with Crippen LogP contribution in [-0.4, -0.2) is 36.5 Å². The van der Waals surface area contributed by atoms with Crippen LogP contribution < -0.4 is 5.32 Å². The summed E-state index contributed by atoms with van der Waals surface area (Å²) in [5.41, 5.74) is 0.261. The SMILES string of the molecule is CCC(CC)(CO)CNC1CCOC2(CCCC2)C1. The van der Waals surface area contributed by atoms with E-state index in [2.05, 4.69) is 19.2 Å². The molecule has 0 amide bonds. The lowest BCUT2D eigenvalue weighted by atomic mass is 9.82. The first-order chi connectivity index (χ1) is 9.17. The van der Waals surface area contributed by atoms with Crippen molar-refractivity contribution in [2.75, 3.05) is 19.8 Å². The van der Waals surface area contributed by atoms with Crippen molar-refractivity contribution in [3.63, 3.8) is 0 Å². The summed E-state index contributed by atoms with van der Waals surface area (Å²) in [4.78, 5) is 0. The highest BCUT2D eigenvalue weighted by atomic mass is 16.5. The van der Waals surface area contributed by atoms with E-state index in [1.165, 1.54) is 32.1 Å². The van der Waals surface area contributed by atoms with Crippen LogP contribution in [-0.2, 0) is 4.74 Å². The van der Waals surface area contributed by atoms with Gasteiger partial charge >= 0.3 is 0 Å². The molecular formula is C16H31NO2. The minimum Gasteiger partial charge on any atom is -0.396 e. The molecule has 1 aliphatic heterocycles. The zero-order chi connectivity index (χ0) is 13.8. The Balaban J connectivity index is 1.85. The lowest BCUT2D eigenvalue weighted by Crippen LogP contribution is -2.49. The van der Waals surface area contributed by atoms with E-state index in [9.17, 15) is 5.11 Å². The van der Waals surface area contributed by atoms with Crippen LogP contribution in [0.3, 0.4) is 0 Å². The van der Waals surface area contributed by atoms with Crippen LogP contribution in [0.25, 0.3) is 0 Å². The molecule has 0 aromatic carbocycles. The van der Waals surface area contributed by atoms with E-state index in [0.717, 1.165) is 32.4 Å². The van der Waals surface area contributed by atoms with Gasteiger partial charge in [-0.05, 0) is 38.5 Å². The molecule has 0 radical (unpaired) electrons. The number of nitrogens with one attached hydrogen (secondary N) is 1. The van der Waals surface area contributed by atoms with Crippen molar-refractivity contribution < 1.29 is 9.84 Å². The highest BCUT2D eigenvalue weighted by molar-refractivity contribution is 4.94. The van der Waals surface area contributed by atoms with Crippen LogP contribution in [0.15, 0.2) is 0 Å². The van der Waals surface area contributed by atoms with E-state index in [1.54, 1.807) is 0 Å². The summed E-state index contributed by atoms with van der Waals surface area (Å²) >= 11 is 0. The van der Waals surface area contributed by atoms with Gasteiger partial charge in [0, 0.05) is 31.2 Å². The maximum Gasteiger partial charge on any atom is 0.0697 e. The normalized spacial score (nSPS) is 27.0. The van der Waals surface area contributed by atoms with Crippen LogP contribution in [0, 0.1) is 5.41 Å². The van der Waals surface area contributed by atoms with Crippen molar-refractivity contribution in [2.24, 2.45) is 5.41 Å². The van der Waals surface area contributed by atoms with Crippen LogP contribution in [0.4, 0.5) is 0 Å². The lowest BCUT2D eigenvalue weighted by Gasteiger charge is -2.40. The molecule has 0 bridgehead atoms. The summed E-state index contributed by atoms with van der Waals surface area (Å²) in [5, 5.41) is 13.4. The second-order valence-electron chi connectivity index (χ2n) is 6.67. The maximum absolute atomic E-state index is 9.65. The maximum atomic E-state index is 9.65. The second kappa shape index (κ2) is 6.55. The Morgan fingerprint density at radius 1 is 1.26 bits per heavy atom. The first-order valence-corrected chi connectivity index (χ1v) is 8.16. The first kappa shape index (κ1) is 15.3. The third kappa shape index (κ3) is 3.50. The largest absolute Gasteiger partial charge is 0.396 e. The van der Waals surface area contributed by atoms with Crippen molar-refractivity contribution >= 4 is 0 Å². The topological polar surface area (TPSA) is 41.5 Å². The van der Waals surface area contributed by atoms with Gasteiger partial charge in [0.1, 0.15) is 0 Å². The molecule has 1 spiro atoms. The standard InChI is InChI=1S/C16H31NO2/c1-3-15(4-2,13-18)12-17-14-7-10-19-16(11-14)8-5-6-9-16/h14,17-18H,3-13H2,1-2H3. The van der Waals surface area contributed by atoms with Gasteiger partial charge < -0.3 is 15.2 Å². The summed E-state index contributed by atoms with van der Waals surface area (Å²) in [7, 11) is 0. The predicted molar refractivity (Wildman–Crippen MR) is 78.3 cm³/mol. The average molecular weight is 269 g/mol. The van der Waals surface area contributed by atoms with E-state index < -0.39 is 0 Å². The minimum atomic E-state index is 0.0706. The monoisotopic (exact) mass is 269 g/mol. The molecule has 0 aromatic rings. The highest BCUT2D eigenvalue weighted by Gasteiger charge is 2.40. The van der Waals surface area contributed by atoms with E-state index in [-0.39, 0.29) is 11.0 Å². The molecule has 2 rings (SSSR count). The van der Waals surface area contributed by atoms with Crippen molar-refractivity contribution in [3.8, 4) is 0 Å². The van der Waals surface area contributed by atoms with Crippen LogP contribution in [0.5, 0.6) is 0 Å². The first-order valence-electron chi connectivity index (χ1n) is 8.16. The van der Waals surface area contributed by atoms with Gasteiger partial charge in [0.25, 0.3) is 0 Å². The van der Waals surface area contributed by atoms with Crippen LogP contribution in [0.1, 0.15) is 65.2 Å². The Hall–Kier alpha value is -0.120. The third-order valence-corrected chi connectivity index (χ3v) is 5.61. The second-order valence-corrected chi connectivity index (χ2v) is 6.67. The Morgan fingerprint density at radius 2 is 1.95 bits per heavy atom. The average Bonchev–Trinajstić information content (AvgIpc) is 2.89. The van der Waals surface area contributed by atoms with Crippen molar-refractivity contribution in [2.45, 2.75) is 76.9 Å². The molecule has 2 fully saturated rings. The molecular weight excluding hydrogens is 238 g/mol. The number of hydrogen-bond donors (Lipinski definition) is 2. The molecule has 2 aliphatic rings. The van der Waals surface area contributed by atoms with Crippen molar-refractivity contribution in [1.82, 2.24) is 5.32 Å². The highest BCUT2D eigenvalue weighted by Crippen LogP contribution is 2.40. The number of rotatable bonds is 6. The smallest absolute Gasteiger partial charge is 0.0697 e. The number of ether oxygens (including phenoxy) is 1. The molecule has 1 saturated heterocycles. The van der Waals surface area contributed by atoms with Gasteiger partial charge in [-0.3, -0.25) is 0 Å². The quantitative estimate of drug-likeness (QED) is 0.779. The van der Waals surface area contributed by atoms with Crippen molar-refractivity contribution in [3.05, 3.63) is 0 Å². The van der Waals surface area contributed by atoms with E-state index >= 15 is 0 Å². The van der Waals surface area contributed by atoms with E-state index in [1.807, 2.05) is 0 Å². The van der Waals surface area contributed by atoms with E-state index in [4.69, 9.17) is 4.74 Å². The number of hydrogen-bond acceptors (Lipinski definition) is 3. The number of aliphatic hydroxyl groups excluding tert-OH is 1. The predicted octanol–water partition coefficient (Wildman–Crippen LogP) is 2.87.